The van der Waals surface area contributed by atoms with Crippen LogP contribution in [-0.4, -0.2) is 50.4 Å². The molecule has 138 valence electrons. The average molecular weight is 350 g/mol. The average Bonchev–Trinajstić information content (AvgIpc) is 3.14. The molecule has 1 aromatic carbocycles. The van der Waals surface area contributed by atoms with Crippen molar-refractivity contribution in [3.05, 3.63) is 39.9 Å². The van der Waals surface area contributed by atoms with E-state index in [-0.39, 0.29) is 11.8 Å². The zero-order chi connectivity index (χ0) is 17.9. The van der Waals surface area contributed by atoms with Crippen LogP contribution < -0.4 is 10.6 Å². The van der Waals surface area contributed by atoms with Gasteiger partial charge in [-0.1, -0.05) is 12.1 Å². The zero-order valence-electron chi connectivity index (χ0n) is 14.6. The van der Waals surface area contributed by atoms with Crippen molar-refractivity contribution in [2.75, 3.05) is 33.4 Å². The number of non-ortho nitro benzene ring substituents is 1. The molecule has 1 fully saturated rings. The zero-order valence-corrected chi connectivity index (χ0v) is 14.6. The van der Waals surface area contributed by atoms with Gasteiger partial charge in [0.25, 0.3) is 5.69 Å². The van der Waals surface area contributed by atoms with Gasteiger partial charge < -0.3 is 20.1 Å². The van der Waals surface area contributed by atoms with Crippen LogP contribution in [0.3, 0.4) is 0 Å². The number of nitro benzene ring substituents is 1. The summed E-state index contributed by atoms with van der Waals surface area (Å²) in [5.41, 5.74) is 1.00. The number of nitro groups is 1. The summed E-state index contributed by atoms with van der Waals surface area (Å²) in [4.78, 5) is 14.8. The minimum atomic E-state index is -0.404. The Morgan fingerprint density at radius 2 is 2.20 bits per heavy atom. The van der Waals surface area contributed by atoms with Crippen LogP contribution in [0.2, 0.25) is 0 Å². The molecule has 1 aliphatic rings. The lowest BCUT2D eigenvalue weighted by atomic mass is 10.2. The quantitative estimate of drug-likeness (QED) is 0.232. The van der Waals surface area contributed by atoms with Crippen LogP contribution in [0.5, 0.6) is 0 Å². The lowest BCUT2D eigenvalue weighted by Crippen LogP contribution is -2.41. The third-order valence-electron chi connectivity index (χ3n) is 3.91. The second-order valence-corrected chi connectivity index (χ2v) is 5.88. The molecule has 1 aliphatic heterocycles. The fourth-order valence-corrected chi connectivity index (χ4v) is 2.51. The third-order valence-corrected chi connectivity index (χ3v) is 3.91. The molecule has 2 rings (SSSR count). The van der Waals surface area contributed by atoms with E-state index in [1.165, 1.54) is 12.1 Å². The Kier molecular flexibility index (Phi) is 8.14. The number of nitrogens with zero attached hydrogens (tertiary/aromatic N) is 2. The Morgan fingerprint density at radius 1 is 1.40 bits per heavy atom. The molecule has 1 atom stereocenters. The third kappa shape index (κ3) is 7.06. The van der Waals surface area contributed by atoms with Crippen molar-refractivity contribution in [3.63, 3.8) is 0 Å². The number of hydrogen-bond donors (Lipinski definition) is 2. The van der Waals surface area contributed by atoms with Crippen molar-refractivity contribution in [1.82, 2.24) is 10.6 Å². The molecule has 0 aliphatic carbocycles. The molecule has 0 aromatic heterocycles. The van der Waals surface area contributed by atoms with Gasteiger partial charge in [-0.25, -0.2) is 4.99 Å². The second kappa shape index (κ2) is 10.6. The number of ether oxygens (including phenoxy) is 2. The predicted molar refractivity (Wildman–Crippen MR) is 95.7 cm³/mol. The number of benzene rings is 1. The van der Waals surface area contributed by atoms with Gasteiger partial charge in [0.2, 0.25) is 0 Å². The van der Waals surface area contributed by atoms with Crippen molar-refractivity contribution in [2.45, 2.75) is 31.9 Å². The molecular weight excluding hydrogens is 324 g/mol. The van der Waals surface area contributed by atoms with Gasteiger partial charge in [0, 0.05) is 45.5 Å². The first-order chi connectivity index (χ1) is 12.2. The van der Waals surface area contributed by atoms with Gasteiger partial charge in [-0.05, 0) is 24.8 Å². The number of hydrogen-bond acceptors (Lipinski definition) is 5. The van der Waals surface area contributed by atoms with E-state index in [1.807, 2.05) is 0 Å². The molecular formula is C17H26N4O4. The maximum absolute atomic E-state index is 10.7. The van der Waals surface area contributed by atoms with Gasteiger partial charge >= 0.3 is 0 Å². The Bertz CT molecular complexity index is 556. The normalized spacial score (nSPS) is 17.5. The minimum Gasteiger partial charge on any atom is -0.385 e. The maximum Gasteiger partial charge on any atom is 0.269 e. The molecule has 8 nitrogen and oxygen atoms in total. The van der Waals surface area contributed by atoms with Gasteiger partial charge in [0.1, 0.15) is 0 Å². The molecule has 1 aromatic rings. The molecule has 25 heavy (non-hydrogen) atoms. The topological polar surface area (TPSA) is 98.0 Å². The van der Waals surface area contributed by atoms with Crippen LogP contribution in [0.25, 0.3) is 0 Å². The first-order valence-electron chi connectivity index (χ1n) is 8.55. The summed E-state index contributed by atoms with van der Waals surface area (Å²) < 4.78 is 10.7. The molecule has 0 saturated carbocycles. The van der Waals surface area contributed by atoms with Crippen LogP contribution in [-0.2, 0) is 16.0 Å². The van der Waals surface area contributed by atoms with E-state index in [0.717, 1.165) is 44.5 Å². The monoisotopic (exact) mass is 350 g/mol. The van der Waals surface area contributed by atoms with E-state index >= 15 is 0 Å². The van der Waals surface area contributed by atoms with Crippen LogP contribution in [0.15, 0.2) is 29.3 Å². The van der Waals surface area contributed by atoms with Crippen molar-refractivity contribution in [1.29, 1.82) is 0 Å². The highest BCUT2D eigenvalue weighted by Crippen LogP contribution is 2.13. The summed E-state index contributed by atoms with van der Waals surface area (Å²) in [5.74, 6) is 0.713. The highest BCUT2D eigenvalue weighted by Gasteiger charge is 2.15. The molecule has 1 unspecified atom stereocenters. The molecule has 1 saturated heterocycles. The lowest BCUT2D eigenvalue weighted by molar-refractivity contribution is -0.384. The van der Waals surface area contributed by atoms with E-state index in [0.29, 0.717) is 19.1 Å². The molecule has 1 heterocycles. The van der Waals surface area contributed by atoms with Crippen molar-refractivity contribution in [3.8, 4) is 0 Å². The van der Waals surface area contributed by atoms with Crippen LogP contribution >= 0.6 is 0 Å². The van der Waals surface area contributed by atoms with E-state index < -0.39 is 4.92 Å². The smallest absolute Gasteiger partial charge is 0.269 e. The lowest BCUT2D eigenvalue weighted by Gasteiger charge is -2.15. The summed E-state index contributed by atoms with van der Waals surface area (Å²) in [7, 11) is 1.68. The minimum absolute atomic E-state index is 0.0853. The number of methoxy groups -OCH3 is 1. The van der Waals surface area contributed by atoms with Crippen LogP contribution in [0.4, 0.5) is 5.69 Å². The number of rotatable bonds is 9. The van der Waals surface area contributed by atoms with E-state index in [2.05, 4.69) is 15.6 Å². The number of guanidine groups is 1. The van der Waals surface area contributed by atoms with Crippen molar-refractivity contribution in [2.24, 2.45) is 4.99 Å². The predicted octanol–water partition coefficient (Wildman–Crippen LogP) is 1.85. The fourth-order valence-electron chi connectivity index (χ4n) is 2.51. The summed E-state index contributed by atoms with van der Waals surface area (Å²) in [6.07, 6.45) is 3.27. The maximum atomic E-state index is 10.7. The highest BCUT2D eigenvalue weighted by molar-refractivity contribution is 5.79. The van der Waals surface area contributed by atoms with E-state index in [9.17, 15) is 10.1 Å². The van der Waals surface area contributed by atoms with Crippen molar-refractivity contribution >= 4 is 11.6 Å². The molecule has 0 spiro atoms. The largest absolute Gasteiger partial charge is 0.385 e. The second-order valence-electron chi connectivity index (χ2n) is 5.88. The SMILES string of the molecule is COCCCNC(=NCc1ccc([N+](=O)[O-])cc1)NCC1CCCO1. The molecule has 0 amide bonds. The summed E-state index contributed by atoms with van der Waals surface area (Å²) >= 11 is 0. The summed E-state index contributed by atoms with van der Waals surface area (Å²) in [5, 5.41) is 17.3. The Balaban J connectivity index is 1.88. The van der Waals surface area contributed by atoms with Gasteiger partial charge in [-0.3, -0.25) is 10.1 Å². The van der Waals surface area contributed by atoms with Crippen LogP contribution in [0.1, 0.15) is 24.8 Å². The Morgan fingerprint density at radius 3 is 2.84 bits per heavy atom. The van der Waals surface area contributed by atoms with Gasteiger partial charge in [0.05, 0.1) is 17.6 Å². The Hall–Kier alpha value is -2.19. The van der Waals surface area contributed by atoms with Gasteiger partial charge in [-0.15, -0.1) is 0 Å². The summed E-state index contributed by atoms with van der Waals surface area (Å²) in [6.45, 7) is 3.43. The first-order valence-corrected chi connectivity index (χ1v) is 8.55. The summed E-state index contributed by atoms with van der Waals surface area (Å²) in [6, 6.07) is 6.45. The molecule has 8 heteroatoms. The fraction of sp³-hybridized carbons (Fsp3) is 0.588. The van der Waals surface area contributed by atoms with Gasteiger partial charge in [0.15, 0.2) is 5.96 Å². The van der Waals surface area contributed by atoms with Crippen LogP contribution in [0, 0.1) is 10.1 Å². The van der Waals surface area contributed by atoms with Gasteiger partial charge in [-0.2, -0.15) is 0 Å². The Labute approximate surface area is 147 Å². The standard InChI is InChI=1S/C17H26N4O4/c1-24-10-3-9-18-17(20-13-16-4-2-11-25-16)19-12-14-5-7-15(8-6-14)21(22)23/h5-8,16H,2-4,9-13H2,1H3,(H2,18,19,20). The molecule has 2 N–H and O–H groups in total. The first kappa shape index (κ1) is 19.1. The van der Waals surface area contributed by atoms with Crippen molar-refractivity contribution < 1.29 is 14.4 Å². The number of nitrogens with one attached hydrogen (secondary N) is 2. The number of aliphatic imine (C=N–C) groups is 1. The van der Waals surface area contributed by atoms with E-state index in [1.54, 1.807) is 19.2 Å². The van der Waals surface area contributed by atoms with E-state index in [4.69, 9.17) is 9.47 Å². The molecule has 0 radical (unpaired) electrons. The molecule has 0 bridgehead atoms. The highest BCUT2D eigenvalue weighted by atomic mass is 16.6.